The van der Waals surface area contributed by atoms with Gasteiger partial charge in [-0.25, -0.2) is 9.52 Å². The van der Waals surface area contributed by atoms with Crippen molar-refractivity contribution in [3.63, 3.8) is 0 Å². The Hall–Kier alpha value is -2.73. The van der Waals surface area contributed by atoms with Gasteiger partial charge in [0.15, 0.2) is 5.69 Å². The van der Waals surface area contributed by atoms with E-state index < -0.39 is 0 Å². The quantitative estimate of drug-likeness (QED) is 0.708. The monoisotopic (exact) mass is 356 g/mol. The summed E-state index contributed by atoms with van der Waals surface area (Å²) < 4.78 is 6.92. The number of hydrazine groups is 1. The van der Waals surface area contributed by atoms with Crippen LogP contribution in [0.15, 0.2) is 42.6 Å². The maximum atomic E-state index is 13.0. The molecule has 0 saturated carbocycles. The summed E-state index contributed by atoms with van der Waals surface area (Å²) in [6, 6.07) is 11.3. The number of halogens is 1. The number of rotatable bonds is 2. The molecular weight excluding hydrogens is 340 g/mol. The van der Waals surface area contributed by atoms with Crippen molar-refractivity contribution < 1.29 is 9.53 Å². The summed E-state index contributed by atoms with van der Waals surface area (Å²) in [7, 11) is 3.51. The molecule has 128 valence electrons. The first-order valence-electron chi connectivity index (χ1n) is 7.94. The molecule has 6 nitrogen and oxygen atoms in total. The van der Waals surface area contributed by atoms with E-state index in [2.05, 4.69) is 5.10 Å². The zero-order valence-electron chi connectivity index (χ0n) is 13.9. The smallest absolute Gasteiger partial charge is 0.292 e. The fraction of sp³-hybridized carbons (Fsp3) is 0.222. The molecule has 1 aromatic carbocycles. The number of nitrogens with zero attached hydrogens (tertiary/aromatic N) is 4. The van der Waals surface area contributed by atoms with Crippen LogP contribution in [0.3, 0.4) is 0 Å². The number of amides is 1. The summed E-state index contributed by atoms with van der Waals surface area (Å²) in [5.41, 5.74) is 3.37. The maximum absolute atomic E-state index is 13.0. The number of ether oxygens (including phenoxy) is 1. The summed E-state index contributed by atoms with van der Waals surface area (Å²) in [5.74, 6) is 0.623. The van der Waals surface area contributed by atoms with Crippen LogP contribution < -0.4 is 9.75 Å². The maximum Gasteiger partial charge on any atom is 0.292 e. The van der Waals surface area contributed by atoms with Crippen molar-refractivity contribution in [3.05, 3.63) is 58.9 Å². The van der Waals surface area contributed by atoms with Crippen molar-refractivity contribution >= 4 is 28.7 Å². The van der Waals surface area contributed by atoms with E-state index in [9.17, 15) is 4.79 Å². The fourth-order valence-electron chi connectivity index (χ4n) is 3.13. The van der Waals surface area contributed by atoms with Gasteiger partial charge in [0.1, 0.15) is 5.75 Å². The van der Waals surface area contributed by atoms with E-state index in [0.29, 0.717) is 17.3 Å². The van der Waals surface area contributed by atoms with Crippen LogP contribution in [0, 0.1) is 0 Å². The Morgan fingerprint density at radius 2 is 2.08 bits per heavy atom. The first-order valence-corrected chi connectivity index (χ1v) is 8.32. The summed E-state index contributed by atoms with van der Waals surface area (Å²) >= 11 is 5.99. The number of fused-ring (bicyclic) bond motifs is 2. The zero-order chi connectivity index (χ0) is 17.6. The first kappa shape index (κ1) is 15.8. The lowest BCUT2D eigenvalue weighted by molar-refractivity contribution is 0.0732. The highest BCUT2D eigenvalue weighted by atomic mass is 35.5. The second kappa shape index (κ2) is 5.97. The van der Waals surface area contributed by atoms with Crippen molar-refractivity contribution in [2.75, 3.05) is 25.7 Å². The number of carbonyl (C=O) groups excluding carboxylic acids is 1. The van der Waals surface area contributed by atoms with Crippen molar-refractivity contribution in [2.24, 2.45) is 0 Å². The Morgan fingerprint density at radius 3 is 2.88 bits per heavy atom. The summed E-state index contributed by atoms with van der Waals surface area (Å²) in [4.78, 5) is 13.0. The number of pyridine rings is 1. The zero-order valence-corrected chi connectivity index (χ0v) is 14.7. The number of anilines is 1. The average Bonchev–Trinajstić information content (AvgIpc) is 3.04. The minimum Gasteiger partial charge on any atom is -0.497 e. The number of hydrogen-bond acceptors (Lipinski definition) is 4. The number of hydrogen-bond donors (Lipinski definition) is 0. The highest BCUT2D eigenvalue weighted by Gasteiger charge is 2.28. The normalized spacial score (nSPS) is 13.9. The van der Waals surface area contributed by atoms with Crippen molar-refractivity contribution in [1.82, 2.24) is 14.6 Å². The molecule has 1 aliphatic rings. The lowest BCUT2D eigenvalue weighted by atomic mass is 10.1. The van der Waals surface area contributed by atoms with Gasteiger partial charge in [0.2, 0.25) is 0 Å². The summed E-state index contributed by atoms with van der Waals surface area (Å²) in [5, 5.41) is 8.50. The number of methoxy groups -OCH3 is 1. The molecule has 1 aliphatic heterocycles. The van der Waals surface area contributed by atoms with Crippen molar-refractivity contribution in [3.8, 4) is 5.75 Å². The molecule has 3 heterocycles. The Balaban J connectivity index is 1.67. The van der Waals surface area contributed by atoms with E-state index >= 15 is 0 Å². The van der Waals surface area contributed by atoms with E-state index in [4.69, 9.17) is 16.3 Å². The van der Waals surface area contributed by atoms with Gasteiger partial charge in [0.05, 0.1) is 23.3 Å². The van der Waals surface area contributed by atoms with Gasteiger partial charge in [0, 0.05) is 25.9 Å². The molecule has 1 amide bonds. The fourth-order valence-corrected chi connectivity index (χ4v) is 3.28. The van der Waals surface area contributed by atoms with Crippen molar-refractivity contribution in [2.45, 2.75) is 6.42 Å². The topological polar surface area (TPSA) is 50.1 Å². The molecule has 4 rings (SSSR count). The second-order valence-electron chi connectivity index (χ2n) is 5.94. The highest BCUT2D eigenvalue weighted by molar-refractivity contribution is 6.30. The van der Waals surface area contributed by atoms with Crippen LogP contribution in [0.1, 0.15) is 16.1 Å². The second-order valence-corrected chi connectivity index (χ2v) is 6.38. The third-order valence-corrected chi connectivity index (χ3v) is 4.70. The third-order valence-electron chi connectivity index (χ3n) is 4.47. The van der Waals surface area contributed by atoms with Gasteiger partial charge >= 0.3 is 0 Å². The molecule has 0 fully saturated rings. The van der Waals surface area contributed by atoms with Gasteiger partial charge in [-0.2, -0.15) is 5.10 Å². The predicted octanol–water partition coefficient (Wildman–Crippen LogP) is 3.05. The van der Waals surface area contributed by atoms with Crippen molar-refractivity contribution in [1.29, 1.82) is 0 Å². The number of carbonyl (C=O) groups is 1. The van der Waals surface area contributed by atoms with Gasteiger partial charge in [-0.1, -0.05) is 17.7 Å². The molecule has 7 heteroatoms. The largest absolute Gasteiger partial charge is 0.497 e. The molecule has 0 radical (unpaired) electrons. The third kappa shape index (κ3) is 2.68. The molecule has 0 aliphatic carbocycles. The number of benzene rings is 1. The van der Waals surface area contributed by atoms with Crippen LogP contribution >= 0.6 is 11.6 Å². The molecule has 0 saturated heterocycles. The molecule has 0 unspecified atom stereocenters. The standard InChI is InChI=1S/C18H17ClN4O2/c1-21-17-10-15(25-2)6-3-12(17)7-8-23(21)18(24)16-9-14-5-4-13(19)11-22(14)20-16/h3-6,9-11H,7-8H2,1-2H3. The van der Waals surface area contributed by atoms with E-state index in [0.717, 1.165) is 23.4 Å². The highest BCUT2D eigenvalue weighted by Crippen LogP contribution is 2.31. The lowest BCUT2D eigenvalue weighted by Crippen LogP contribution is -2.48. The molecule has 0 bridgehead atoms. The predicted molar refractivity (Wildman–Crippen MR) is 96.3 cm³/mol. The van der Waals surface area contributed by atoms with Gasteiger partial charge in [-0.05, 0) is 36.2 Å². The SMILES string of the molecule is COc1ccc2c(c1)N(C)N(C(=O)c1cc3ccc(Cl)cn3n1)CC2. The van der Waals surface area contributed by atoms with Gasteiger partial charge in [0.25, 0.3) is 5.91 Å². The molecule has 3 aromatic rings. The van der Waals surface area contributed by atoms with Gasteiger partial charge in [-0.15, -0.1) is 0 Å². The number of aromatic nitrogens is 2. The summed E-state index contributed by atoms with van der Waals surface area (Å²) in [6.07, 6.45) is 2.47. The molecular formula is C18H17ClN4O2. The molecule has 2 aromatic heterocycles. The van der Waals surface area contributed by atoms with Gasteiger partial charge in [-0.3, -0.25) is 9.80 Å². The van der Waals surface area contributed by atoms with Crippen LogP contribution in [-0.4, -0.2) is 41.2 Å². The minimum atomic E-state index is -0.143. The van der Waals surface area contributed by atoms with E-state index in [1.165, 1.54) is 5.56 Å². The average molecular weight is 357 g/mol. The van der Waals surface area contributed by atoms with Crippen LogP contribution in [0.2, 0.25) is 5.02 Å². The van der Waals surface area contributed by atoms with Gasteiger partial charge < -0.3 is 4.74 Å². The molecule has 0 spiro atoms. The van der Waals surface area contributed by atoms with E-state index in [1.807, 2.05) is 36.3 Å². The first-order chi connectivity index (χ1) is 12.1. The molecule has 25 heavy (non-hydrogen) atoms. The summed E-state index contributed by atoms with van der Waals surface area (Å²) in [6.45, 7) is 0.600. The van der Waals surface area contributed by atoms with Crippen LogP contribution in [0.5, 0.6) is 5.75 Å². The van der Waals surface area contributed by atoms with Crippen LogP contribution in [-0.2, 0) is 6.42 Å². The Labute approximate surface area is 150 Å². The van der Waals surface area contributed by atoms with Crippen LogP contribution in [0.4, 0.5) is 5.69 Å². The minimum absolute atomic E-state index is 0.143. The Bertz CT molecular complexity index is 969. The molecule has 0 N–H and O–H groups in total. The molecule has 0 atom stereocenters. The van der Waals surface area contributed by atoms with E-state index in [1.54, 1.807) is 35.0 Å². The van der Waals surface area contributed by atoms with Crippen LogP contribution in [0.25, 0.3) is 5.52 Å². The Morgan fingerprint density at radius 1 is 1.24 bits per heavy atom. The van der Waals surface area contributed by atoms with E-state index in [-0.39, 0.29) is 5.91 Å². The Kier molecular flexibility index (Phi) is 3.77. The lowest BCUT2D eigenvalue weighted by Gasteiger charge is -2.38.